The second-order valence-corrected chi connectivity index (χ2v) is 3.57. The summed E-state index contributed by atoms with van der Waals surface area (Å²) >= 11 is 0. The van der Waals surface area contributed by atoms with Crippen LogP contribution in [-0.4, -0.2) is 22.6 Å². The number of hydrogen-bond donors (Lipinski definition) is 2. The van der Waals surface area contributed by atoms with Crippen LogP contribution in [0.15, 0.2) is 12.3 Å². The number of rotatable bonds is 4. The first-order chi connectivity index (χ1) is 6.88. The van der Waals surface area contributed by atoms with Crippen LogP contribution in [0.5, 0.6) is 0 Å². The maximum Gasteiger partial charge on any atom is 0.224 e. The molecular formula is C10H16N4. The van der Waals surface area contributed by atoms with E-state index in [1.54, 1.807) is 6.20 Å². The van der Waals surface area contributed by atoms with Crippen LogP contribution in [0.2, 0.25) is 0 Å². The molecule has 0 atom stereocenters. The molecule has 2 rings (SSSR count). The van der Waals surface area contributed by atoms with Crippen LogP contribution in [0.1, 0.15) is 26.2 Å². The average molecular weight is 192 g/mol. The average Bonchev–Trinajstić information content (AvgIpc) is 2.13. The maximum atomic E-state index is 4.35. The van der Waals surface area contributed by atoms with Gasteiger partial charge in [0.05, 0.1) is 0 Å². The fourth-order valence-corrected chi connectivity index (χ4v) is 1.44. The molecule has 4 nitrogen and oxygen atoms in total. The standard InChI is InChI=1S/C10H16N4/c1-2-11-10-12-7-6-9(14-10)13-8-4-3-5-8/h6-8H,2-5H2,1H3,(H2,11,12,13,14). The van der Waals surface area contributed by atoms with Crippen LogP contribution in [0.25, 0.3) is 0 Å². The van der Waals surface area contributed by atoms with Gasteiger partial charge in [-0.2, -0.15) is 4.98 Å². The third-order valence-electron chi connectivity index (χ3n) is 2.45. The molecule has 2 N–H and O–H groups in total. The van der Waals surface area contributed by atoms with Crippen molar-refractivity contribution >= 4 is 11.8 Å². The minimum absolute atomic E-state index is 0.624. The molecule has 0 spiro atoms. The lowest BCUT2D eigenvalue weighted by molar-refractivity contribution is 0.444. The Morgan fingerprint density at radius 1 is 1.50 bits per heavy atom. The van der Waals surface area contributed by atoms with Crippen LogP contribution >= 0.6 is 0 Å². The predicted octanol–water partition coefficient (Wildman–Crippen LogP) is 1.87. The number of nitrogens with one attached hydrogen (secondary N) is 2. The van der Waals surface area contributed by atoms with E-state index in [9.17, 15) is 0 Å². The van der Waals surface area contributed by atoms with Gasteiger partial charge in [0.2, 0.25) is 5.95 Å². The Morgan fingerprint density at radius 2 is 2.36 bits per heavy atom. The quantitative estimate of drug-likeness (QED) is 0.764. The normalized spacial score (nSPS) is 16.1. The van der Waals surface area contributed by atoms with Gasteiger partial charge in [-0.25, -0.2) is 4.98 Å². The Bertz CT molecular complexity index is 296. The molecule has 1 heterocycles. The molecule has 0 aromatic carbocycles. The highest BCUT2D eigenvalue weighted by molar-refractivity contribution is 5.40. The van der Waals surface area contributed by atoms with Gasteiger partial charge >= 0.3 is 0 Å². The number of hydrogen-bond acceptors (Lipinski definition) is 4. The molecule has 1 aliphatic rings. The van der Waals surface area contributed by atoms with Gasteiger partial charge in [-0.05, 0) is 32.3 Å². The molecule has 4 heteroatoms. The first kappa shape index (κ1) is 9.24. The molecule has 0 aliphatic heterocycles. The Morgan fingerprint density at radius 3 is 3.00 bits per heavy atom. The number of anilines is 2. The Labute approximate surface area is 84.2 Å². The Balaban J connectivity index is 1.97. The monoisotopic (exact) mass is 192 g/mol. The fourth-order valence-electron chi connectivity index (χ4n) is 1.44. The molecule has 0 bridgehead atoms. The van der Waals surface area contributed by atoms with Crippen molar-refractivity contribution in [3.63, 3.8) is 0 Å². The maximum absolute atomic E-state index is 4.35. The highest BCUT2D eigenvalue weighted by atomic mass is 15.1. The largest absolute Gasteiger partial charge is 0.367 e. The molecule has 1 fully saturated rings. The summed E-state index contributed by atoms with van der Waals surface area (Å²) in [4.78, 5) is 8.47. The van der Waals surface area contributed by atoms with Gasteiger partial charge in [0.25, 0.3) is 0 Å². The van der Waals surface area contributed by atoms with Gasteiger partial charge in [0.1, 0.15) is 5.82 Å². The molecule has 1 aromatic rings. The molecule has 0 amide bonds. The van der Waals surface area contributed by atoms with E-state index in [4.69, 9.17) is 0 Å². The third-order valence-corrected chi connectivity index (χ3v) is 2.45. The fraction of sp³-hybridized carbons (Fsp3) is 0.600. The number of nitrogens with zero attached hydrogens (tertiary/aromatic N) is 2. The molecular weight excluding hydrogens is 176 g/mol. The van der Waals surface area contributed by atoms with Crippen molar-refractivity contribution in [3.05, 3.63) is 12.3 Å². The van der Waals surface area contributed by atoms with E-state index in [-0.39, 0.29) is 0 Å². The van der Waals surface area contributed by atoms with E-state index in [2.05, 4.69) is 20.6 Å². The molecule has 0 radical (unpaired) electrons. The highest BCUT2D eigenvalue weighted by Gasteiger charge is 2.17. The molecule has 0 saturated heterocycles. The second-order valence-electron chi connectivity index (χ2n) is 3.57. The molecule has 14 heavy (non-hydrogen) atoms. The van der Waals surface area contributed by atoms with Gasteiger partial charge in [0.15, 0.2) is 0 Å². The lowest BCUT2D eigenvalue weighted by atomic mass is 9.93. The molecule has 1 saturated carbocycles. The third kappa shape index (κ3) is 2.13. The van der Waals surface area contributed by atoms with Crippen molar-refractivity contribution in [1.29, 1.82) is 0 Å². The smallest absolute Gasteiger partial charge is 0.224 e. The van der Waals surface area contributed by atoms with Crippen molar-refractivity contribution < 1.29 is 0 Å². The van der Waals surface area contributed by atoms with Crippen molar-refractivity contribution in [2.24, 2.45) is 0 Å². The zero-order valence-corrected chi connectivity index (χ0v) is 8.45. The summed E-state index contributed by atoms with van der Waals surface area (Å²) in [5, 5.41) is 6.48. The van der Waals surface area contributed by atoms with Gasteiger partial charge in [-0.15, -0.1) is 0 Å². The second kappa shape index (κ2) is 4.26. The van der Waals surface area contributed by atoms with E-state index >= 15 is 0 Å². The van der Waals surface area contributed by atoms with E-state index in [0.29, 0.717) is 12.0 Å². The lowest BCUT2D eigenvalue weighted by Gasteiger charge is -2.26. The minimum atomic E-state index is 0.624. The van der Waals surface area contributed by atoms with Crippen molar-refractivity contribution in [2.45, 2.75) is 32.2 Å². The summed E-state index contributed by atoms with van der Waals surface area (Å²) in [6.45, 7) is 2.89. The van der Waals surface area contributed by atoms with Crippen LogP contribution in [-0.2, 0) is 0 Å². The summed E-state index contributed by atoms with van der Waals surface area (Å²) in [7, 11) is 0. The number of aromatic nitrogens is 2. The minimum Gasteiger partial charge on any atom is -0.367 e. The topological polar surface area (TPSA) is 49.8 Å². The zero-order chi connectivity index (χ0) is 9.80. The lowest BCUT2D eigenvalue weighted by Crippen LogP contribution is -2.27. The van der Waals surface area contributed by atoms with E-state index < -0.39 is 0 Å². The van der Waals surface area contributed by atoms with Gasteiger partial charge < -0.3 is 10.6 Å². The SMILES string of the molecule is CCNc1nccc(NC2CCC2)n1. The van der Waals surface area contributed by atoms with E-state index in [1.165, 1.54) is 19.3 Å². The zero-order valence-electron chi connectivity index (χ0n) is 8.45. The van der Waals surface area contributed by atoms with Crippen LogP contribution < -0.4 is 10.6 Å². The first-order valence-electron chi connectivity index (χ1n) is 5.22. The van der Waals surface area contributed by atoms with Crippen LogP contribution in [0.3, 0.4) is 0 Å². The van der Waals surface area contributed by atoms with Crippen LogP contribution in [0, 0.1) is 0 Å². The summed E-state index contributed by atoms with van der Waals surface area (Å²) in [6, 6.07) is 2.54. The molecule has 1 aromatic heterocycles. The Hall–Kier alpha value is -1.32. The summed E-state index contributed by atoms with van der Waals surface area (Å²) < 4.78 is 0. The van der Waals surface area contributed by atoms with E-state index in [0.717, 1.165) is 12.4 Å². The summed E-state index contributed by atoms with van der Waals surface area (Å²) in [5.74, 6) is 1.64. The van der Waals surface area contributed by atoms with Gasteiger partial charge in [-0.1, -0.05) is 0 Å². The van der Waals surface area contributed by atoms with Crippen molar-refractivity contribution in [3.8, 4) is 0 Å². The van der Waals surface area contributed by atoms with E-state index in [1.807, 2.05) is 13.0 Å². The van der Waals surface area contributed by atoms with Crippen molar-refractivity contribution in [1.82, 2.24) is 9.97 Å². The van der Waals surface area contributed by atoms with Gasteiger partial charge in [-0.3, -0.25) is 0 Å². The predicted molar refractivity (Wildman–Crippen MR) is 57.5 cm³/mol. The first-order valence-corrected chi connectivity index (χ1v) is 5.22. The summed E-state index contributed by atoms with van der Waals surface area (Å²) in [6.07, 6.45) is 5.65. The molecule has 1 aliphatic carbocycles. The molecule has 0 unspecified atom stereocenters. The van der Waals surface area contributed by atoms with Crippen molar-refractivity contribution in [2.75, 3.05) is 17.2 Å². The highest BCUT2D eigenvalue weighted by Crippen LogP contribution is 2.22. The van der Waals surface area contributed by atoms with Gasteiger partial charge in [0, 0.05) is 18.8 Å². The molecule has 76 valence electrons. The summed E-state index contributed by atoms with van der Waals surface area (Å²) in [5.41, 5.74) is 0. The Kier molecular flexibility index (Phi) is 2.81. The van der Waals surface area contributed by atoms with Crippen LogP contribution in [0.4, 0.5) is 11.8 Å².